The molecule has 7 heteroatoms. The third kappa shape index (κ3) is 3.37. The van der Waals surface area contributed by atoms with Crippen molar-refractivity contribution in [1.82, 2.24) is 10.3 Å². The molecule has 0 saturated carbocycles. The van der Waals surface area contributed by atoms with Crippen LogP contribution in [-0.4, -0.2) is 36.5 Å². The predicted octanol–water partition coefficient (Wildman–Crippen LogP) is 3.29. The van der Waals surface area contributed by atoms with Gasteiger partial charge in [0.2, 0.25) is 5.91 Å². The van der Waals surface area contributed by atoms with E-state index in [1.807, 2.05) is 24.4 Å². The molecule has 0 aliphatic carbocycles. The number of nitrogens with one attached hydrogen (secondary N) is 2. The lowest BCUT2D eigenvalue weighted by atomic mass is 10.1. The van der Waals surface area contributed by atoms with Gasteiger partial charge >= 0.3 is 0 Å². The van der Waals surface area contributed by atoms with Crippen LogP contribution < -0.4 is 15.0 Å². The number of methoxy groups -OCH3 is 1. The normalized spacial score (nSPS) is 16.9. The number of anilines is 1. The molecule has 0 unspecified atom stereocenters. The fraction of sp³-hybridized carbons (Fsp3) is 0.238. The molecule has 1 fully saturated rings. The Hall–Kier alpha value is -2.83. The number of carbonyl (C=O) groups excluding carboxylic acids is 2. The lowest BCUT2D eigenvalue weighted by Crippen LogP contribution is -2.39. The summed E-state index contributed by atoms with van der Waals surface area (Å²) in [6, 6.07) is 12.2. The summed E-state index contributed by atoms with van der Waals surface area (Å²) in [7, 11) is 1.64. The molecule has 1 aliphatic heterocycles. The van der Waals surface area contributed by atoms with Crippen LogP contribution >= 0.6 is 11.6 Å². The van der Waals surface area contributed by atoms with Crippen molar-refractivity contribution in [2.75, 3.05) is 18.6 Å². The van der Waals surface area contributed by atoms with Crippen molar-refractivity contribution in [3.8, 4) is 5.75 Å². The number of nitrogens with zero attached hydrogens (tertiary/aromatic N) is 1. The van der Waals surface area contributed by atoms with Gasteiger partial charge in [-0.3, -0.25) is 9.59 Å². The van der Waals surface area contributed by atoms with E-state index < -0.39 is 6.04 Å². The fourth-order valence-corrected chi connectivity index (χ4v) is 3.77. The van der Waals surface area contributed by atoms with Gasteiger partial charge in [0.15, 0.2) is 0 Å². The highest BCUT2D eigenvalue weighted by molar-refractivity contribution is 6.36. The number of hydrogen-bond acceptors (Lipinski definition) is 4. The zero-order valence-electron chi connectivity index (χ0n) is 15.4. The van der Waals surface area contributed by atoms with E-state index in [1.54, 1.807) is 31.4 Å². The number of hydrogen-bond donors (Lipinski definition) is 2. The quantitative estimate of drug-likeness (QED) is 0.626. The minimum atomic E-state index is -0.538. The van der Waals surface area contributed by atoms with Gasteiger partial charge < -0.3 is 15.0 Å². The molecular formula is C21H20ClN3O3. The van der Waals surface area contributed by atoms with Crippen molar-refractivity contribution in [2.45, 2.75) is 18.9 Å². The Kier molecular flexibility index (Phi) is 5.07. The average molecular weight is 398 g/mol. The number of amides is 2. The largest absolute Gasteiger partial charge is 0.497 e. The van der Waals surface area contributed by atoms with E-state index >= 15 is 0 Å². The summed E-state index contributed by atoms with van der Waals surface area (Å²) >= 11 is 6.15. The maximum Gasteiger partial charge on any atom is 0.251 e. The molecule has 1 aliphatic rings. The number of aromatic nitrogens is 1. The molecule has 2 amide bonds. The van der Waals surface area contributed by atoms with Crippen LogP contribution in [0.4, 0.5) is 5.69 Å². The van der Waals surface area contributed by atoms with Gasteiger partial charge in [0.25, 0.3) is 5.91 Å². The summed E-state index contributed by atoms with van der Waals surface area (Å²) in [5.74, 6) is 0.291. The van der Waals surface area contributed by atoms with Gasteiger partial charge in [0.05, 0.1) is 30.3 Å². The van der Waals surface area contributed by atoms with E-state index in [4.69, 9.17) is 16.3 Å². The van der Waals surface area contributed by atoms with Crippen LogP contribution in [0.1, 0.15) is 12.0 Å². The van der Waals surface area contributed by atoms with E-state index in [2.05, 4.69) is 10.3 Å². The van der Waals surface area contributed by atoms with Crippen LogP contribution in [0.25, 0.3) is 10.9 Å². The molecule has 4 rings (SSSR count). The number of para-hydroxylation sites is 1. The van der Waals surface area contributed by atoms with Crippen LogP contribution in [-0.2, 0) is 16.0 Å². The first-order valence-corrected chi connectivity index (χ1v) is 9.45. The molecule has 2 aromatic carbocycles. The van der Waals surface area contributed by atoms with E-state index in [9.17, 15) is 9.59 Å². The summed E-state index contributed by atoms with van der Waals surface area (Å²) in [6.45, 7) is 0.574. The Balaban J connectivity index is 1.43. The van der Waals surface area contributed by atoms with Crippen LogP contribution in [0.3, 0.4) is 0 Å². The van der Waals surface area contributed by atoms with Gasteiger partial charge in [-0.25, -0.2) is 4.90 Å². The van der Waals surface area contributed by atoms with Crippen molar-refractivity contribution < 1.29 is 14.3 Å². The Morgan fingerprint density at radius 1 is 1.25 bits per heavy atom. The van der Waals surface area contributed by atoms with Crippen LogP contribution in [0.15, 0.2) is 48.7 Å². The summed E-state index contributed by atoms with van der Waals surface area (Å²) in [6.07, 6.45) is 2.81. The third-order valence-electron chi connectivity index (χ3n) is 5.00. The van der Waals surface area contributed by atoms with Crippen LogP contribution in [0, 0.1) is 0 Å². The standard InChI is InChI=1S/C21H20ClN3O3/c1-28-14-6-7-17-15(10-14)13(12-24-17)8-9-23-18-11-20(26)25(21(18)27)19-5-3-2-4-16(19)22/h2-7,10,12,18,23-24H,8-9,11H2,1H3/t18-/m1/s1. The Morgan fingerprint density at radius 3 is 2.86 bits per heavy atom. The SMILES string of the molecule is COc1ccc2[nH]cc(CCN[C@@H]3CC(=O)N(c4ccccc4Cl)C3=O)c2c1. The average Bonchev–Trinajstić information content (AvgIpc) is 3.22. The maximum absolute atomic E-state index is 12.7. The zero-order chi connectivity index (χ0) is 19.7. The molecule has 3 aromatic rings. The maximum atomic E-state index is 12.7. The summed E-state index contributed by atoms with van der Waals surface area (Å²) < 4.78 is 5.29. The monoisotopic (exact) mass is 397 g/mol. The Labute approximate surface area is 167 Å². The molecule has 2 N–H and O–H groups in total. The molecule has 0 radical (unpaired) electrons. The summed E-state index contributed by atoms with van der Waals surface area (Å²) in [5, 5.41) is 4.69. The number of carbonyl (C=O) groups is 2. The lowest BCUT2D eigenvalue weighted by molar-refractivity contribution is -0.121. The highest BCUT2D eigenvalue weighted by atomic mass is 35.5. The number of imide groups is 1. The zero-order valence-corrected chi connectivity index (χ0v) is 16.1. The molecule has 6 nitrogen and oxygen atoms in total. The minimum absolute atomic E-state index is 0.131. The highest BCUT2D eigenvalue weighted by Crippen LogP contribution is 2.30. The van der Waals surface area contributed by atoms with Gasteiger partial charge in [0.1, 0.15) is 5.75 Å². The molecule has 2 heterocycles. The van der Waals surface area contributed by atoms with Crippen LogP contribution in [0.5, 0.6) is 5.75 Å². The molecule has 1 saturated heterocycles. The van der Waals surface area contributed by atoms with Crippen molar-refractivity contribution >= 4 is 40.0 Å². The first-order chi connectivity index (χ1) is 13.6. The first-order valence-electron chi connectivity index (χ1n) is 9.07. The molecule has 1 atom stereocenters. The van der Waals surface area contributed by atoms with Crippen molar-refractivity contribution in [2.24, 2.45) is 0 Å². The van der Waals surface area contributed by atoms with Gasteiger partial charge in [-0.2, -0.15) is 0 Å². The number of halogens is 1. The molecule has 0 spiro atoms. The molecule has 28 heavy (non-hydrogen) atoms. The van der Waals surface area contributed by atoms with E-state index in [-0.39, 0.29) is 18.2 Å². The second-order valence-electron chi connectivity index (χ2n) is 6.71. The van der Waals surface area contributed by atoms with Crippen molar-refractivity contribution in [1.29, 1.82) is 0 Å². The number of H-pyrrole nitrogens is 1. The predicted molar refractivity (Wildman–Crippen MR) is 109 cm³/mol. The smallest absolute Gasteiger partial charge is 0.251 e. The lowest BCUT2D eigenvalue weighted by Gasteiger charge is -2.16. The van der Waals surface area contributed by atoms with E-state index in [0.717, 1.165) is 28.6 Å². The number of benzene rings is 2. The molecule has 1 aromatic heterocycles. The number of aromatic amines is 1. The van der Waals surface area contributed by atoms with Gasteiger partial charge in [-0.1, -0.05) is 23.7 Å². The number of ether oxygens (including phenoxy) is 1. The van der Waals surface area contributed by atoms with Crippen LogP contribution in [0.2, 0.25) is 5.02 Å². The molecular weight excluding hydrogens is 378 g/mol. The molecule has 0 bridgehead atoms. The Bertz CT molecular complexity index is 1050. The summed E-state index contributed by atoms with van der Waals surface area (Å²) in [5.41, 5.74) is 2.60. The van der Waals surface area contributed by atoms with E-state index in [0.29, 0.717) is 17.3 Å². The van der Waals surface area contributed by atoms with Gasteiger partial charge in [0, 0.05) is 23.6 Å². The summed E-state index contributed by atoms with van der Waals surface area (Å²) in [4.78, 5) is 29.5. The topological polar surface area (TPSA) is 74.4 Å². The fourth-order valence-electron chi connectivity index (χ4n) is 3.55. The highest BCUT2D eigenvalue weighted by Gasteiger charge is 2.39. The first kappa shape index (κ1) is 18.5. The van der Waals surface area contributed by atoms with Crippen molar-refractivity contribution in [3.05, 3.63) is 59.2 Å². The second-order valence-corrected chi connectivity index (χ2v) is 7.11. The number of fused-ring (bicyclic) bond motifs is 1. The van der Waals surface area contributed by atoms with Crippen molar-refractivity contribution in [3.63, 3.8) is 0 Å². The third-order valence-corrected chi connectivity index (χ3v) is 5.32. The molecule has 144 valence electrons. The minimum Gasteiger partial charge on any atom is -0.497 e. The van der Waals surface area contributed by atoms with Gasteiger partial charge in [-0.15, -0.1) is 0 Å². The van der Waals surface area contributed by atoms with Gasteiger partial charge in [-0.05, 0) is 42.3 Å². The number of rotatable bonds is 6. The van der Waals surface area contributed by atoms with E-state index in [1.165, 1.54) is 4.90 Å². The second kappa shape index (κ2) is 7.66. The Morgan fingerprint density at radius 2 is 2.07 bits per heavy atom.